The van der Waals surface area contributed by atoms with E-state index in [4.69, 9.17) is 10.1 Å². The summed E-state index contributed by atoms with van der Waals surface area (Å²) < 4.78 is 5.59. The van der Waals surface area contributed by atoms with Crippen LogP contribution in [0, 0.1) is 16.7 Å². The molecule has 1 heterocycles. The molecule has 2 amide bonds. The highest BCUT2D eigenvalue weighted by molar-refractivity contribution is 5.89. The molecule has 0 bridgehead atoms. The van der Waals surface area contributed by atoms with Crippen molar-refractivity contribution in [2.24, 2.45) is 11.3 Å². The van der Waals surface area contributed by atoms with Crippen LogP contribution in [0.5, 0.6) is 5.75 Å². The van der Waals surface area contributed by atoms with E-state index in [2.05, 4.69) is 31.4 Å². The van der Waals surface area contributed by atoms with E-state index in [0.29, 0.717) is 18.7 Å². The number of amides is 2. The predicted molar refractivity (Wildman–Crippen MR) is 129 cm³/mol. The lowest BCUT2D eigenvalue weighted by Gasteiger charge is -2.33. The van der Waals surface area contributed by atoms with Crippen LogP contribution in [0.2, 0.25) is 0 Å². The molecule has 1 saturated heterocycles. The molecule has 1 aliphatic rings. The summed E-state index contributed by atoms with van der Waals surface area (Å²) in [6.45, 7) is 10.6. The molecule has 3 atom stereocenters. The quantitative estimate of drug-likeness (QED) is 0.534. The predicted octanol–water partition coefficient (Wildman–Crippen LogP) is 3.76. The number of hydrogen-bond donors (Lipinski definition) is 3. The highest BCUT2D eigenvalue weighted by Gasteiger charge is 2.39. The summed E-state index contributed by atoms with van der Waals surface area (Å²) in [4.78, 5) is 27.9. The number of benzene rings is 1. The van der Waals surface area contributed by atoms with E-state index in [1.165, 1.54) is 6.21 Å². The van der Waals surface area contributed by atoms with Gasteiger partial charge in [0.15, 0.2) is 0 Å². The molecular formula is C25H38N4O3. The van der Waals surface area contributed by atoms with E-state index >= 15 is 0 Å². The largest absolute Gasteiger partial charge is 0.496 e. The van der Waals surface area contributed by atoms with E-state index in [-0.39, 0.29) is 29.2 Å². The monoisotopic (exact) mass is 442 g/mol. The molecule has 0 saturated carbocycles. The number of nitrogens with one attached hydrogen (secondary N) is 3. The van der Waals surface area contributed by atoms with Crippen LogP contribution < -0.4 is 15.4 Å². The summed E-state index contributed by atoms with van der Waals surface area (Å²) in [7, 11) is 3.40. The maximum atomic E-state index is 13.1. The lowest BCUT2D eigenvalue weighted by Crippen LogP contribution is -2.49. The Hall–Kier alpha value is -2.83. The van der Waals surface area contributed by atoms with Crippen LogP contribution in [0.15, 0.2) is 24.3 Å². The third kappa shape index (κ3) is 5.69. The smallest absolute Gasteiger partial charge is 0.243 e. The fourth-order valence-corrected chi connectivity index (χ4v) is 3.95. The minimum Gasteiger partial charge on any atom is -0.496 e. The average Bonchev–Trinajstić information content (AvgIpc) is 3.25. The van der Waals surface area contributed by atoms with E-state index in [1.54, 1.807) is 25.1 Å². The minimum atomic E-state index is -0.438. The van der Waals surface area contributed by atoms with Crippen molar-refractivity contribution in [2.75, 3.05) is 20.7 Å². The molecule has 0 aliphatic carbocycles. The van der Waals surface area contributed by atoms with Crippen LogP contribution in [-0.4, -0.2) is 49.7 Å². The SMILES string of the molecule is CN/C(=C\C=N)c1ccc([C@@H](C)NC(=O)[C@@H]2CCCN2C(=O)[C@@H](C)C(C)(C)C)c(OC)c1. The average molecular weight is 443 g/mol. The summed E-state index contributed by atoms with van der Waals surface area (Å²) in [6.07, 6.45) is 4.41. The van der Waals surface area contributed by atoms with Crippen LogP contribution in [0.3, 0.4) is 0 Å². The number of ether oxygens (including phenoxy) is 1. The zero-order valence-electron chi connectivity index (χ0n) is 20.4. The first-order chi connectivity index (χ1) is 15.0. The molecular weight excluding hydrogens is 404 g/mol. The van der Waals surface area contributed by atoms with Crippen LogP contribution in [0.25, 0.3) is 5.70 Å². The molecule has 32 heavy (non-hydrogen) atoms. The molecule has 7 nitrogen and oxygen atoms in total. The van der Waals surface area contributed by atoms with Gasteiger partial charge in [-0.2, -0.15) is 0 Å². The summed E-state index contributed by atoms with van der Waals surface area (Å²) in [5, 5.41) is 13.5. The summed E-state index contributed by atoms with van der Waals surface area (Å²) in [5.41, 5.74) is 2.39. The van der Waals surface area contributed by atoms with Gasteiger partial charge < -0.3 is 25.7 Å². The number of methoxy groups -OCH3 is 1. The molecule has 1 fully saturated rings. The maximum Gasteiger partial charge on any atom is 0.243 e. The molecule has 176 valence electrons. The summed E-state index contributed by atoms with van der Waals surface area (Å²) >= 11 is 0. The van der Waals surface area contributed by atoms with Crippen molar-refractivity contribution in [1.82, 2.24) is 15.5 Å². The van der Waals surface area contributed by atoms with E-state index in [9.17, 15) is 9.59 Å². The van der Waals surface area contributed by atoms with E-state index < -0.39 is 6.04 Å². The van der Waals surface area contributed by atoms with Crippen LogP contribution in [0.4, 0.5) is 0 Å². The first-order valence-electron chi connectivity index (χ1n) is 11.2. The normalized spacial score (nSPS) is 18.7. The molecule has 1 aromatic carbocycles. The molecule has 1 aliphatic heterocycles. The lowest BCUT2D eigenvalue weighted by molar-refractivity contribution is -0.144. The van der Waals surface area contributed by atoms with Gasteiger partial charge in [0.05, 0.1) is 13.2 Å². The number of allylic oxidation sites excluding steroid dienone is 1. The number of carbonyl (C=O) groups is 2. The molecule has 2 rings (SSSR count). The number of nitrogens with zero attached hydrogens (tertiary/aromatic N) is 1. The van der Waals surface area contributed by atoms with Crippen LogP contribution >= 0.6 is 0 Å². The van der Waals surface area contributed by atoms with Gasteiger partial charge in [0, 0.05) is 42.5 Å². The second-order valence-corrected chi connectivity index (χ2v) is 9.46. The molecule has 1 aromatic rings. The van der Waals surface area contributed by atoms with Crippen molar-refractivity contribution >= 4 is 23.7 Å². The Kier molecular flexibility index (Phi) is 8.47. The highest BCUT2D eigenvalue weighted by atomic mass is 16.5. The summed E-state index contributed by atoms with van der Waals surface area (Å²) in [5.74, 6) is 0.413. The molecule has 7 heteroatoms. The van der Waals surface area contributed by atoms with E-state index in [0.717, 1.165) is 23.2 Å². The highest BCUT2D eigenvalue weighted by Crippen LogP contribution is 2.31. The number of rotatable bonds is 8. The lowest BCUT2D eigenvalue weighted by atomic mass is 9.81. The van der Waals surface area contributed by atoms with Gasteiger partial charge in [0.2, 0.25) is 11.8 Å². The molecule has 0 spiro atoms. The Morgan fingerprint density at radius 2 is 1.97 bits per heavy atom. The van der Waals surface area contributed by atoms with Gasteiger partial charge in [-0.3, -0.25) is 9.59 Å². The Morgan fingerprint density at radius 3 is 2.53 bits per heavy atom. The topological polar surface area (TPSA) is 94.5 Å². The van der Waals surface area contributed by atoms with Gasteiger partial charge in [-0.25, -0.2) is 0 Å². The second-order valence-electron chi connectivity index (χ2n) is 9.46. The molecule has 0 radical (unpaired) electrons. The van der Waals surface area contributed by atoms with Crippen LogP contribution in [0.1, 0.15) is 64.6 Å². The third-order valence-corrected chi connectivity index (χ3v) is 6.40. The Balaban J connectivity index is 2.18. The van der Waals surface area contributed by atoms with Crippen molar-refractivity contribution in [1.29, 1.82) is 5.41 Å². The van der Waals surface area contributed by atoms with Crippen molar-refractivity contribution < 1.29 is 14.3 Å². The van der Waals surface area contributed by atoms with E-state index in [1.807, 2.05) is 32.0 Å². The maximum absolute atomic E-state index is 13.1. The van der Waals surface area contributed by atoms with Crippen molar-refractivity contribution in [2.45, 2.75) is 59.5 Å². The third-order valence-electron chi connectivity index (χ3n) is 6.40. The fourth-order valence-electron chi connectivity index (χ4n) is 3.95. The second kappa shape index (κ2) is 10.7. The first-order valence-corrected chi connectivity index (χ1v) is 11.2. The Morgan fingerprint density at radius 1 is 1.28 bits per heavy atom. The number of likely N-dealkylation sites (tertiary alicyclic amines) is 1. The van der Waals surface area contributed by atoms with Gasteiger partial charge in [-0.1, -0.05) is 39.8 Å². The minimum absolute atomic E-state index is 0.0438. The van der Waals surface area contributed by atoms with Gasteiger partial charge in [0.1, 0.15) is 11.8 Å². The molecule has 0 aromatic heterocycles. The van der Waals surface area contributed by atoms with Gasteiger partial charge in [-0.15, -0.1) is 0 Å². The zero-order chi connectivity index (χ0) is 24.1. The van der Waals surface area contributed by atoms with Crippen molar-refractivity contribution in [3.8, 4) is 5.75 Å². The van der Waals surface area contributed by atoms with Gasteiger partial charge >= 0.3 is 0 Å². The Bertz CT molecular complexity index is 872. The molecule has 0 unspecified atom stereocenters. The van der Waals surface area contributed by atoms with Crippen molar-refractivity contribution in [3.05, 3.63) is 35.4 Å². The Labute approximate surface area is 192 Å². The summed E-state index contributed by atoms with van der Waals surface area (Å²) in [6, 6.07) is 5.02. The number of hydrogen-bond acceptors (Lipinski definition) is 5. The van der Waals surface area contributed by atoms with Crippen LogP contribution in [-0.2, 0) is 9.59 Å². The number of carbonyl (C=O) groups excluding carboxylic acids is 2. The van der Waals surface area contributed by atoms with Gasteiger partial charge in [-0.05, 0) is 37.3 Å². The zero-order valence-corrected chi connectivity index (χ0v) is 20.4. The fraction of sp³-hybridized carbons (Fsp3) is 0.560. The standard InChI is InChI=1S/C25H38N4O3/c1-16(25(3,4)5)24(31)29-14-8-9-21(29)23(30)28-17(2)19-11-10-18(15-22(19)32-7)20(27-6)12-13-26/h10-13,15-17,21,26-27H,8-9,14H2,1-7H3,(H,28,30)/b20-12-,26-13?/t16-,17-,21+/m1/s1. The van der Waals surface area contributed by atoms with Gasteiger partial charge in [0.25, 0.3) is 0 Å². The first kappa shape index (κ1) is 25.4. The van der Waals surface area contributed by atoms with Crippen molar-refractivity contribution in [3.63, 3.8) is 0 Å². The molecule has 3 N–H and O–H groups in total.